The van der Waals surface area contributed by atoms with Crippen LogP contribution in [0.15, 0.2) is 54.9 Å². The highest BCUT2D eigenvalue weighted by molar-refractivity contribution is 5.81. The summed E-state index contributed by atoms with van der Waals surface area (Å²) in [5.74, 6) is 0.925. The van der Waals surface area contributed by atoms with Crippen molar-refractivity contribution in [2.24, 2.45) is 5.92 Å². The van der Waals surface area contributed by atoms with Gasteiger partial charge in [-0.25, -0.2) is 14.4 Å². The van der Waals surface area contributed by atoms with Crippen LogP contribution in [-0.2, 0) is 11.2 Å². The predicted molar refractivity (Wildman–Crippen MR) is 108 cm³/mol. The van der Waals surface area contributed by atoms with Crippen molar-refractivity contribution < 1.29 is 9.18 Å². The maximum Gasteiger partial charge on any atom is 0.228 e. The third-order valence-corrected chi connectivity index (χ3v) is 5.44. The molecule has 148 valence electrons. The number of likely N-dealkylation sites (tertiary alicyclic amines) is 1. The van der Waals surface area contributed by atoms with Crippen LogP contribution in [0.5, 0.6) is 0 Å². The highest BCUT2D eigenvalue weighted by Crippen LogP contribution is 2.30. The number of nitrogens with zero attached hydrogens (tertiary/aromatic N) is 4. The first kappa shape index (κ1) is 19.0. The highest BCUT2D eigenvalue weighted by atomic mass is 19.1. The Hall–Kier alpha value is -3.35. The smallest absolute Gasteiger partial charge is 0.228 e. The van der Waals surface area contributed by atoms with E-state index in [0.29, 0.717) is 41.6 Å². The number of carbonyl (C=O) groups excluding carboxylic acids is 1. The summed E-state index contributed by atoms with van der Waals surface area (Å²) in [4.78, 5) is 27.5. The highest BCUT2D eigenvalue weighted by Gasteiger charge is 2.36. The zero-order chi connectivity index (χ0) is 20.4. The second-order valence-electron chi connectivity index (χ2n) is 7.34. The maximum atomic E-state index is 14.1. The second kappa shape index (κ2) is 7.95. The van der Waals surface area contributed by atoms with Crippen LogP contribution < -0.4 is 5.73 Å². The molecule has 1 aliphatic heterocycles. The van der Waals surface area contributed by atoms with Gasteiger partial charge in [-0.2, -0.15) is 0 Å². The number of nitrogen functional groups attached to an aromatic ring is 1. The van der Waals surface area contributed by atoms with E-state index in [1.165, 1.54) is 6.07 Å². The van der Waals surface area contributed by atoms with E-state index in [9.17, 15) is 9.18 Å². The molecule has 1 amide bonds. The fourth-order valence-electron chi connectivity index (χ4n) is 3.52. The van der Waals surface area contributed by atoms with Crippen molar-refractivity contribution >= 4 is 11.6 Å². The summed E-state index contributed by atoms with van der Waals surface area (Å²) >= 11 is 0. The van der Waals surface area contributed by atoms with Gasteiger partial charge in [-0.05, 0) is 30.3 Å². The third kappa shape index (κ3) is 3.94. The van der Waals surface area contributed by atoms with Crippen molar-refractivity contribution in [3.05, 3.63) is 72.2 Å². The van der Waals surface area contributed by atoms with Gasteiger partial charge in [0.05, 0.1) is 23.5 Å². The van der Waals surface area contributed by atoms with E-state index < -0.39 is 0 Å². The van der Waals surface area contributed by atoms with Gasteiger partial charge in [0.15, 0.2) is 0 Å². The number of benzene rings is 1. The topological polar surface area (TPSA) is 85.0 Å². The van der Waals surface area contributed by atoms with Gasteiger partial charge < -0.3 is 10.6 Å². The molecule has 29 heavy (non-hydrogen) atoms. The average molecular weight is 391 g/mol. The lowest BCUT2D eigenvalue weighted by atomic mass is 9.86. The minimum Gasteiger partial charge on any atom is -0.397 e. The summed E-state index contributed by atoms with van der Waals surface area (Å²) in [5.41, 5.74) is 7.78. The zero-order valence-electron chi connectivity index (χ0n) is 16.1. The molecule has 1 atom stereocenters. The van der Waals surface area contributed by atoms with E-state index in [1.54, 1.807) is 53.7 Å². The number of aromatic nitrogens is 3. The third-order valence-electron chi connectivity index (χ3n) is 5.44. The molecule has 0 spiro atoms. The van der Waals surface area contributed by atoms with E-state index in [0.717, 1.165) is 5.82 Å². The summed E-state index contributed by atoms with van der Waals surface area (Å²) in [6, 6.07) is 11.6. The monoisotopic (exact) mass is 391 g/mol. The van der Waals surface area contributed by atoms with Gasteiger partial charge >= 0.3 is 0 Å². The Bertz CT molecular complexity index is 1020. The van der Waals surface area contributed by atoms with Gasteiger partial charge in [0, 0.05) is 42.9 Å². The van der Waals surface area contributed by atoms with E-state index in [2.05, 4.69) is 21.9 Å². The number of amides is 1. The van der Waals surface area contributed by atoms with Crippen LogP contribution in [0.2, 0.25) is 0 Å². The van der Waals surface area contributed by atoms with Crippen LogP contribution in [0, 0.1) is 11.7 Å². The van der Waals surface area contributed by atoms with Gasteiger partial charge in [0.25, 0.3) is 0 Å². The zero-order valence-corrected chi connectivity index (χ0v) is 16.1. The van der Waals surface area contributed by atoms with Crippen LogP contribution in [0.25, 0.3) is 11.3 Å². The summed E-state index contributed by atoms with van der Waals surface area (Å²) in [6.45, 7) is 3.40. The fraction of sp³-hybridized carbons (Fsp3) is 0.273. The Labute approximate surface area is 168 Å². The van der Waals surface area contributed by atoms with Crippen molar-refractivity contribution in [3.8, 4) is 11.3 Å². The van der Waals surface area contributed by atoms with Gasteiger partial charge in [-0.15, -0.1) is 0 Å². The minimum atomic E-state index is -0.357. The molecule has 7 heteroatoms. The van der Waals surface area contributed by atoms with Gasteiger partial charge in [0.1, 0.15) is 11.6 Å². The number of halogens is 1. The van der Waals surface area contributed by atoms with Crippen LogP contribution in [0.3, 0.4) is 0 Å². The van der Waals surface area contributed by atoms with Crippen molar-refractivity contribution in [1.82, 2.24) is 19.9 Å². The minimum absolute atomic E-state index is 0.0349. The summed E-state index contributed by atoms with van der Waals surface area (Å²) in [7, 11) is 0. The molecule has 2 aromatic heterocycles. The van der Waals surface area contributed by atoms with Crippen LogP contribution in [-0.4, -0.2) is 38.8 Å². The molecular formula is C22H22FN5O. The first-order chi connectivity index (χ1) is 14.0. The normalized spacial score (nSPS) is 15.0. The molecule has 0 bridgehead atoms. The quantitative estimate of drug-likeness (QED) is 0.723. The molecule has 2 N–H and O–H groups in total. The van der Waals surface area contributed by atoms with Crippen molar-refractivity contribution in [3.63, 3.8) is 0 Å². The molecule has 6 nitrogen and oxygen atoms in total. The number of carbonyl (C=O) groups is 1. The van der Waals surface area contributed by atoms with Gasteiger partial charge in [-0.1, -0.05) is 19.1 Å². The van der Waals surface area contributed by atoms with Crippen molar-refractivity contribution in [2.45, 2.75) is 19.3 Å². The summed E-state index contributed by atoms with van der Waals surface area (Å²) in [5, 5.41) is 0. The Kier molecular flexibility index (Phi) is 5.20. The maximum absolute atomic E-state index is 14.1. The SMILES string of the molecule is CC(c1ncccn1)C1CN(C(=O)Cc2nc(-c3ccccc3F)ccc2N)C1. The van der Waals surface area contributed by atoms with Crippen LogP contribution in [0.1, 0.15) is 24.4 Å². The number of pyridine rings is 1. The van der Waals surface area contributed by atoms with E-state index >= 15 is 0 Å². The van der Waals surface area contributed by atoms with Gasteiger partial charge in [-0.3, -0.25) is 9.78 Å². The molecule has 1 unspecified atom stereocenters. The average Bonchev–Trinajstić information content (AvgIpc) is 2.69. The first-order valence-electron chi connectivity index (χ1n) is 9.58. The molecule has 1 aromatic carbocycles. The van der Waals surface area contributed by atoms with Crippen LogP contribution in [0.4, 0.5) is 10.1 Å². The van der Waals surface area contributed by atoms with Crippen LogP contribution >= 0.6 is 0 Å². The molecule has 3 aromatic rings. The summed E-state index contributed by atoms with van der Waals surface area (Å²) in [6.07, 6.45) is 3.56. The molecule has 0 aliphatic carbocycles. The number of nitrogens with two attached hydrogens (primary N) is 1. The number of anilines is 1. The lowest BCUT2D eigenvalue weighted by Crippen LogP contribution is -2.52. The molecule has 1 aliphatic rings. The fourth-order valence-corrected chi connectivity index (χ4v) is 3.52. The largest absolute Gasteiger partial charge is 0.397 e. The Morgan fingerprint density at radius 1 is 1.17 bits per heavy atom. The lowest BCUT2D eigenvalue weighted by molar-refractivity contribution is -0.137. The van der Waals surface area contributed by atoms with Crippen molar-refractivity contribution in [1.29, 1.82) is 0 Å². The Balaban J connectivity index is 1.42. The molecule has 0 radical (unpaired) electrons. The number of rotatable bonds is 5. The van der Waals surface area contributed by atoms with Gasteiger partial charge in [0.2, 0.25) is 5.91 Å². The molecular weight excluding hydrogens is 369 g/mol. The summed E-state index contributed by atoms with van der Waals surface area (Å²) < 4.78 is 14.1. The van der Waals surface area contributed by atoms with E-state index in [4.69, 9.17) is 5.73 Å². The van der Waals surface area contributed by atoms with E-state index in [-0.39, 0.29) is 24.1 Å². The molecule has 0 saturated carbocycles. The number of hydrogen-bond acceptors (Lipinski definition) is 5. The molecule has 4 rings (SSSR count). The predicted octanol–water partition coefficient (Wildman–Crippen LogP) is 3.06. The molecule has 3 heterocycles. The number of hydrogen-bond donors (Lipinski definition) is 1. The van der Waals surface area contributed by atoms with Crippen molar-refractivity contribution in [2.75, 3.05) is 18.8 Å². The first-order valence-corrected chi connectivity index (χ1v) is 9.58. The molecule has 1 saturated heterocycles. The van der Waals surface area contributed by atoms with E-state index in [1.807, 2.05) is 0 Å². The molecule has 1 fully saturated rings. The lowest BCUT2D eigenvalue weighted by Gasteiger charge is -2.42. The Morgan fingerprint density at radius 2 is 1.90 bits per heavy atom. The standard InChI is InChI=1S/C22H22FN5O/c1-14(22-25-9-4-10-26-22)15-12-28(13-15)21(29)11-20-18(24)7-8-19(27-20)16-5-2-3-6-17(16)23/h2-10,14-15H,11-13,24H2,1H3. The Morgan fingerprint density at radius 3 is 2.62 bits per heavy atom. The second-order valence-corrected chi connectivity index (χ2v) is 7.34.